The maximum Gasteiger partial charge on any atom is 0.0594 e. The van der Waals surface area contributed by atoms with Gasteiger partial charge >= 0.3 is 0 Å². The SMILES string of the molecule is CC(C)CCCC(C)CCC1CCc2[nH]c3c(I)cccc3c2C1. The van der Waals surface area contributed by atoms with Crippen LogP contribution < -0.4 is 0 Å². The van der Waals surface area contributed by atoms with Crippen LogP contribution in [0.25, 0.3) is 10.9 Å². The zero-order valence-electron chi connectivity index (χ0n) is 15.5. The number of hydrogen-bond donors (Lipinski definition) is 1. The summed E-state index contributed by atoms with van der Waals surface area (Å²) in [6.45, 7) is 7.14. The van der Waals surface area contributed by atoms with Crippen LogP contribution in [0.1, 0.15) is 70.6 Å². The molecule has 2 atom stereocenters. The van der Waals surface area contributed by atoms with Gasteiger partial charge in [0.15, 0.2) is 0 Å². The van der Waals surface area contributed by atoms with Crippen LogP contribution in [0.15, 0.2) is 18.2 Å². The van der Waals surface area contributed by atoms with Crippen molar-refractivity contribution in [2.75, 3.05) is 0 Å². The molecule has 0 fully saturated rings. The van der Waals surface area contributed by atoms with Gasteiger partial charge < -0.3 is 4.98 Å². The van der Waals surface area contributed by atoms with Gasteiger partial charge in [0.05, 0.1) is 5.52 Å². The molecule has 0 radical (unpaired) electrons. The smallest absolute Gasteiger partial charge is 0.0594 e. The van der Waals surface area contributed by atoms with Gasteiger partial charge in [-0.15, -0.1) is 0 Å². The number of para-hydroxylation sites is 1. The van der Waals surface area contributed by atoms with E-state index in [1.165, 1.54) is 71.5 Å². The average molecular weight is 437 g/mol. The van der Waals surface area contributed by atoms with E-state index in [9.17, 15) is 0 Å². The molecule has 1 aromatic heterocycles. The van der Waals surface area contributed by atoms with E-state index in [4.69, 9.17) is 0 Å². The van der Waals surface area contributed by atoms with E-state index in [-0.39, 0.29) is 0 Å². The highest BCUT2D eigenvalue weighted by Gasteiger charge is 2.23. The Labute approximate surface area is 161 Å². The number of halogens is 1. The molecule has 2 aromatic rings. The fraction of sp³-hybridized carbons (Fsp3) is 0.636. The lowest BCUT2D eigenvalue weighted by atomic mass is 9.82. The Morgan fingerprint density at radius 2 is 2.00 bits per heavy atom. The molecule has 1 aliphatic carbocycles. The molecular weight excluding hydrogens is 405 g/mol. The number of benzene rings is 1. The van der Waals surface area contributed by atoms with E-state index in [1.54, 1.807) is 5.56 Å². The minimum Gasteiger partial charge on any atom is -0.357 e. The van der Waals surface area contributed by atoms with Gasteiger partial charge in [-0.25, -0.2) is 0 Å². The topological polar surface area (TPSA) is 15.8 Å². The standard InChI is InChI=1S/C22H32IN/c1-15(2)6-4-7-16(3)10-11-17-12-13-21-19(14-17)18-8-5-9-20(23)22(18)24-21/h5,8-9,15-17,24H,4,6-7,10-14H2,1-3H3. The fourth-order valence-corrected chi connectivity index (χ4v) is 4.90. The van der Waals surface area contributed by atoms with E-state index in [0.29, 0.717) is 0 Å². The van der Waals surface area contributed by atoms with Crippen LogP contribution in [-0.4, -0.2) is 4.98 Å². The van der Waals surface area contributed by atoms with E-state index < -0.39 is 0 Å². The molecule has 1 nitrogen and oxygen atoms in total. The number of nitrogens with one attached hydrogen (secondary N) is 1. The summed E-state index contributed by atoms with van der Waals surface area (Å²) in [5.41, 5.74) is 4.49. The molecule has 2 unspecified atom stereocenters. The second-order valence-corrected chi connectivity index (χ2v) is 9.52. The Hall–Kier alpha value is -0.510. The molecule has 132 valence electrons. The molecule has 2 heteroatoms. The fourth-order valence-electron chi connectivity index (χ4n) is 4.26. The van der Waals surface area contributed by atoms with Gasteiger partial charge in [-0.2, -0.15) is 0 Å². The van der Waals surface area contributed by atoms with Crippen molar-refractivity contribution in [2.24, 2.45) is 17.8 Å². The van der Waals surface area contributed by atoms with Crippen molar-refractivity contribution >= 4 is 33.5 Å². The van der Waals surface area contributed by atoms with Crippen LogP contribution in [0.3, 0.4) is 0 Å². The largest absolute Gasteiger partial charge is 0.357 e. The predicted molar refractivity (Wildman–Crippen MR) is 114 cm³/mol. The monoisotopic (exact) mass is 437 g/mol. The summed E-state index contributed by atoms with van der Waals surface area (Å²) in [5, 5.41) is 1.48. The summed E-state index contributed by atoms with van der Waals surface area (Å²) < 4.78 is 1.36. The highest BCUT2D eigenvalue weighted by molar-refractivity contribution is 14.1. The van der Waals surface area contributed by atoms with E-state index in [2.05, 4.69) is 66.5 Å². The molecule has 1 N–H and O–H groups in total. The van der Waals surface area contributed by atoms with Crippen molar-refractivity contribution < 1.29 is 0 Å². The molecule has 1 heterocycles. The summed E-state index contributed by atoms with van der Waals surface area (Å²) in [6.07, 6.45) is 11.0. The Morgan fingerprint density at radius 1 is 1.17 bits per heavy atom. The summed E-state index contributed by atoms with van der Waals surface area (Å²) in [6, 6.07) is 6.73. The van der Waals surface area contributed by atoms with Gasteiger partial charge in [-0.3, -0.25) is 0 Å². The molecule has 0 saturated heterocycles. The lowest BCUT2D eigenvalue weighted by Crippen LogP contribution is -2.14. The highest BCUT2D eigenvalue weighted by Crippen LogP contribution is 2.35. The first-order valence-electron chi connectivity index (χ1n) is 9.82. The number of aromatic nitrogens is 1. The molecule has 1 aliphatic rings. The molecule has 1 aromatic carbocycles. The second-order valence-electron chi connectivity index (χ2n) is 8.36. The first-order chi connectivity index (χ1) is 11.5. The molecule has 0 amide bonds. The van der Waals surface area contributed by atoms with E-state index in [1.807, 2.05) is 0 Å². The maximum atomic E-state index is 3.70. The van der Waals surface area contributed by atoms with Crippen molar-refractivity contribution in [2.45, 2.75) is 72.1 Å². The molecule has 0 aliphatic heterocycles. The Morgan fingerprint density at radius 3 is 2.79 bits per heavy atom. The summed E-state index contributed by atoms with van der Waals surface area (Å²) in [4.78, 5) is 3.70. The third kappa shape index (κ3) is 4.36. The third-order valence-electron chi connectivity index (χ3n) is 5.82. The molecule has 24 heavy (non-hydrogen) atoms. The number of aromatic amines is 1. The molecule has 0 spiro atoms. The zero-order chi connectivity index (χ0) is 17.1. The maximum absolute atomic E-state index is 3.70. The summed E-state index contributed by atoms with van der Waals surface area (Å²) in [5.74, 6) is 2.65. The molecular formula is C22H32IN. The van der Waals surface area contributed by atoms with Gasteiger partial charge in [-0.1, -0.05) is 58.6 Å². The van der Waals surface area contributed by atoms with Gasteiger partial charge in [0, 0.05) is 14.7 Å². The van der Waals surface area contributed by atoms with Crippen molar-refractivity contribution in [3.63, 3.8) is 0 Å². The van der Waals surface area contributed by atoms with Crippen LogP contribution in [0.5, 0.6) is 0 Å². The minimum atomic E-state index is 0.860. The lowest BCUT2D eigenvalue weighted by molar-refractivity contribution is 0.354. The second kappa shape index (κ2) is 8.25. The lowest BCUT2D eigenvalue weighted by Gasteiger charge is -2.24. The van der Waals surface area contributed by atoms with Gasteiger partial charge in [0.1, 0.15) is 0 Å². The van der Waals surface area contributed by atoms with Crippen molar-refractivity contribution in [1.29, 1.82) is 0 Å². The minimum absolute atomic E-state index is 0.860. The third-order valence-corrected chi connectivity index (χ3v) is 6.72. The van der Waals surface area contributed by atoms with Crippen LogP contribution >= 0.6 is 22.6 Å². The Bertz CT molecular complexity index is 670. The van der Waals surface area contributed by atoms with Crippen LogP contribution in [0.2, 0.25) is 0 Å². The Kier molecular flexibility index (Phi) is 6.28. The van der Waals surface area contributed by atoms with E-state index >= 15 is 0 Å². The number of aryl methyl sites for hydroxylation is 1. The first kappa shape index (κ1) is 18.3. The van der Waals surface area contributed by atoms with Crippen molar-refractivity contribution in [3.05, 3.63) is 33.0 Å². The van der Waals surface area contributed by atoms with Crippen LogP contribution in [-0.2, 0) is 12.8 Å². The van der Waals surface area contributed by atoms with Gasteiger partial charge in [0.2, 0.25) is 0 Å². The molecule has 3 rings (SSSR count). The molecule has 0 saturated carbocycles. The summed E-state index contributed by atoms with van der Waals surface area (Å²) in [7, 11) is 0. The van der Waals surface area contributed by atoms with Gasteiger partial charge in [0.25, 0.3) is 0 Å². The van der Waals surface area contributed by atoms with Crippen molar-refractivity contribution in [1.82, 2.24) is 4.98 Å². The highest BCUT2D eigenvalue weighted by atomic mass is 127. The summed E-state index contributed by atoms with van der Waals surface area (Å²) >= 11 is 2.46. The quantitative estimate of drug-likeness (QED) is 0.444. The number of rotatable bonds is 7. The zero-order valence-corrected chi connectivity index (χ0v) is 17.7. The van der Waals surface area contributed by atoms with Crippen LogP contribution in [0.4, 0.5) is 0 Å². The first-order valence-corrected chi connectivity index (χ1v) is 10.9. The molecule has 0 bridgehead atoms. The van der Waals surface area contributed by atoms with E-state index in [0.717, 1.165) is 17.8 Å². The average Bonchev–Trinajstić information content (AvgIpc) is 2.92. The van der Waals surface area contributed by atoms with Crippen molar-refractivity contribution in [3.8, 4) is 0 Å². The van der Waals surface area contributed by atoms with Crippen LogP contribution in [0, 0.1) is 21.3 Å². The Balaban J connectivity index is 1.55. The normalized spacial score (nSPS) is 19.0. The van der Waals surface area contributed by atoms with Gasteiger partial charge in [-0.05, 0) is 77.7 Å². The number of fused-ring (bicyclic) bond motifs is 3. The number of hydrogen-bond acceptors (Lipinski definition) is 0. The number of H-pyrrole nitrogens is 1. The predicted octanol–water partition coefficient (Wildman–Crippen LogP) is 7.12.